The first-order valence-electron chi connectivity index (χ1n) is 5.55. The molecule has 2 rings (SSSR count). The first-order valence-corrected chi connectivity index (χ1v) is 5.55. The number of nitrogens with zero attached hydrogens (tertiary/aromatic N) is 1. The highest BCUT2D eigenvalue weighted by Crippen LogP contribution is 2.44. The molecule has 0 bridgehead atoms. The minimum absolute atomic E-state index is 0.271. The smallest absolute Gasteiger partial charge is 0.163 e. The van der Waals surface area contributed by atoms with Crippen LogP contribution < -0.4 is 0 Å². The van der Waals surface area contributed by atoms with Crippen LogP contribution in [0.5, 0.6) is 0 Å². The third kappa shape index (κ3) is 2.09. The average Bonchev–Trinajstić information content (AvgIpc) is 2.16. The summed E-state index contributed by atoms with van der Waals surface area (Å²) in [5, 5.41) is 0. The maximum atomic E-state index is 12.0. The van der Waals surface area contributed by atoms with Crippen LogP contribution in [0.1, 0.15) is 48.5 Å². The number of aromatic nitrogens is 1. The highest BCUT2D eigenvalue weighted by Gasteiger charge is 2.34. The highest BCUT2D eigenvalue weighted by molar-refractivity contribution is 5.97. The van der Waals surface area contributed by atoms with Gasteiger partial charge < -0.3 is 0 Å². The molecule has 1 saturated carbocycles. The molecule has 0 spiro atoms. The van der Waals surface area contributed by atoms with Crippen molar-refractivity contribution in [3.63, 3.8) is 0 Å². The predicted molar refractivity (Wildman–Crippen MR) is 59.9 cm³/mol. The molecule has 1 aliphatic rings. The van der Waals surface area contributed by atoms with Crippen molar-refractivity contribution in [2.75, 3.05) is 0 Å². The summed E-state index contributed by atoms with van der Waals surface area (Å²) in [4.78, 5) is 16.1. The second kappa shape index (κ2) is 3.76. The van der Waals surface area contributed by atoms with Crippen LogP contribution in [0, 0.1) is 12.3 Å². The molecule has 0 N–H and O–H groups in total. The van der Waals surface area contributed by atoms with E-state index in [1.54, 1.807) is 12.4 Å². The van der Waals surface area contributed by atoms with Gasteiger partial charge in [-0.25, -0.2) is 0 Å². The monoisotopic (exact) mass is 203 g/mol. The van der Waals surface area contributed by atoms with E-state index in [1.165, 1.54) is 19.3 Å². The quantitative estimate of drug-likeness (QED) is 0.706. The van der Waals surface area contributed by atoms with Gasteiger partial charge in [-0.3, -0.25) is 9.78 Å². The summed E-state index contributed by atoms with van der Waals surface area (Å²) in [6, 6.07) is 1.83. The van der Waals surface area contributed by atoms with Gasteiger partial charge in [-0.2, -0.15) is 0 Å². The van der Waals surface area contributed by atoms with Crippen molar-refractivity contribution in [2.24, 2.45) is 5.41 Å². The summed E-state index contributed by atoms with van der Waals surface area (Å²) in [6.45, 7) is 4.16. The fraction of sp³-hybridized carbons (Fsp3) is 0.538. The van der Waals surface area contributed by atoms with Crippen molar-refractivity contribution < 1.29 is 4.79 Å². The summed E-state index contributed by atoms with van der Waals surface area (Å²) in [5.74, 6) is 0.275. The summed E-state index contributed by atoms with van der Waals surface area (Å²) < 4.78 is 0. The van der Waals surface area contributed by atoms with E-state index in [-0.39, 0.29) is 11.2 Å². The Morgan fingerprint density at radius 1 is 1.53 bits per heavy atom. The van der Waals surface area contributed by atoms with Crippen molar-refractivity contribution in [2.45, 2.75) is 39.5 Å². The maximum Gasteiger partial charge on any atom is 0.163 e. The van der Waals surface area contributed by atoms with Gasteiger partial charge in [0.2, 0.25) is 0 Å². The Kier molecular flexibility index (Phi) is 2.59. The molecule has 2 nitrogen and oxygen atoms in total. The molecular weight excluding hydrogens is 186 g/mol. The SMILES string of the molecule is Cc1cnccc1C(=O)CC1(C)CCC1. The van der Waals surface area contributed by atoms with Gasteiger partial charge in [0.05, 0.1) is 0 Å². The second-order valence-corrected chi connectivity index (χ2v) is 4.95. The van der Waals surface area contributed by atoms with E-state index in [1.807, 2.05) is 13.0 Å². The molecule has 1 aromatic rings. The van der Waals surface area contributed by atoms with E-state index in [9.17, 15) is 4.79 Å². The second-order valence-electron chi connectivity index (χ2n) is 4.95. The van der Waals surface area contributed by atoms with E-state index in [2.05, 4.69) is 11.9 Å². The van der Waals surface area contributed by atoms with Gasteiger partial charge in [0.1, 0.15) is 0 Å². The minimum atomic E-state index is 0.271. The van der Waals surface area contributed by atoms with E-state index in [4.69, 9.17) is 0 Å². The Labute approximate surface area is 90.7 Å². The van der Waals surface area contributed by atoms with E-state index in [0.29, 0.717) is 6.42 Å². The molecular formula is C13H17NO. The fourth-order valence-electron chi connectivity index (χ4n) is 2.23. The van der Waals surface area contributed by atoms with E-state index >= 15 is 0 Å². The molecule has 1 fully saturated rings. The van der Waals surface area contributed by atoms with Crippen LogP contribution in [-0.4, -0.2) is 10.8 Å². The standard InChI is InChI=1S/C13H17NO/c1-10-9-14-7-4-11(10)12(15)8-13(2)5-3-6-13/h4,7,9H,3,5-6,8H2,1-2H3. The topological polar surface area (TPSA) is 30.0 Å². The number of carbonyl (C=O) groups excluding carboxylic acids is 1. The zero-order chi connectivity index (χ0) is 10.9. The van der Waals surface area contributed by atoms with Crippen molar-refractivity contribution in [3.05, 3.63) is 29.6 Å². The van der Waals surface area contributed by atoms with Crippen LogP contribution in [0.3, 0.4) is 0 Å². The Morgan fingerprint density at radius 3 is 2.80 bits per heavy atom. The van der Waals surface area contributed by atoms with Crippen LogP contribution >= 0.6 is 0 Å². The van der Waals surface area contributed by atoms with Gasteiger partial charge >= 0.3 is 0 Å². The molecule has 0 atom stereocenters. The van der Waals surface area contributed by atoms with Crippen molar-refractivity contribution in [1.82, 2.24) is 4.98 Å². The lowest BCUT2D eigenvalue weighted by atomic mass is 9.67. The van der Waals surface area contributed by atoms with Crippen molar-refractivity contribution in [1.29, 1.82) is 0 Å². The molecule has 1 aromatic heterocycles. The van der Waals surface area contributed by atoms with Crippen LogP contribution in [-0.2, 0) is 0 Å². The summed E-state index contributed by atoms with van der Waals surface area (Å²) in [6.07, 6.45) is 7.82. The Hall–Kier alpha value is -1.18. The van der Waals surface area contributed by atoms with Gasteiger partial charge in [0, 0.05) is 24.4 Å². The molecule has 80 valence electrons. The summed E-state index contributed by atoms with van der Waals surface area (Å²) in [7, 11) is 0. The minimum Gasteiger partial charge on any atom is -0.294 e. The molecule has 15 heavy (non-hydrogen) atoms. The lowest BCUT2D eigenvalue weighted by Crippen LogP contribution is -2.28. The van der Waals surface area contributed by atoms with Gasteiger partial charge in [0.25, 0.3) is 0 Å². The molecule has 0 aliphatic heterocycles. The number of hydrogen-bond donors (Lipinski definition) is 0. The number of hydrogen-bond acceptors (Lipinski definition) is 2. The number of ketones is 1. The number of carbonyl (C=O) groups is 1. The highest BCUT2D eigenvalue weighted by atomic mass is 16.1. The van der Waals surface area contributed by atoms with Gasteiger partial charge in [-0.1, -0.05) is 13.3 Å². The molecule has 1 heterocycles. The molecule has 0 saturated heterocycles. The summed E-state index contributed by atoms with van der Waals surface area (Å²) in [5.41, 5.74) is 2.11. The van der Waals surface area contributed by atoms with Crippen LogP contribution in [0.4, 0.5) is 0 Å². The Balaban J connectivity index is 2.11. The predicted octanol–water partition coefficient (Wildman–Crippen LogP) is 3.15. The van der Waals surface area contributed by atoms with Gasteiger partial charge in [-0.05, 0) is 36.8 Å². The molecule has 2 heteroatoms. The van der Waals surface area contributed by atoms with Gasteiger partial charge in [0.15, 0.2) is 5.78 Å². The molecule has 0 unspecified atom stereocenters. The normalized spacial score (nSPS) is 18.3. The molecule has 0 aromatic carbocycles. The van der Waals surface area contributed by atoms with Crippen molar-refractivity contribution in [3.8, 4) is 0 Å². The largest absolute Gasteiger partial charge is 0.294 e. The zero-order valence-corrected chi connectivity index (χ0v) is 9.42. The zero-order valence-electron chi connectivity index (χ0n) is 9.42. The third-order valence-corrected chi connectivity index (χ3v) is 3.47. The van der Waals surface area contributed by atoms with Crippen LogP contribution in [0.25, 0.3) is 0 Å². The van der Waals surface area contributed by atoms with E-state index in [0.717, 1.165) is 11.1 Å². The lowest BCUT2D eigenvalue weighted by Gasteiger charge is -2.37. The van der Waals surface area contributed by atoms with E-state index < -0.39 is 0 Å². The average molecular weight is 203 g/mol. The van der Waals surface area contributed by atoms with Crippen molar-refractivity contribution >= 4 is 5.78 Å². The summed E-state index contributed by atoms with van der Waals surface area (Å²) >= 11 is 0. The fourth-order valence-corrected chi connectivity index (χ4v) is 2.23. The maximum absolute atomic E-state index is 12.0. The van der Waals surface area contributed by atoms with Gasteiger partial charge in [-0.15, -0.1) is 0 Å². The Morgan fingerprint density at radius 2 is 2.27 bits per heavy atom. The number of pyridine rings is 1. The molecule has 0 amide bonds. The first-order chi connectivity index (χ1) is 7.11. The number of rotatable bonds is 3. The molecule has 0 radical (unpaired) electrons. The van der Waals surface area contributed by atoms with Crippen LogP contribution in [0.2, 0.25) is 0 Å². The number of aryl methyl sites for hydroxylation is 1. The first kappa shape index (κ1) is 10.3. The number of Topliss-reactive ketones (excluding diaryl/α,β-unsaturated/α-hetero) is 1. The lowest BCUT2D eigenvalue weighted by molar-refractivity contribution is 0.0815. The Bertz CT molecular complexity index is 380. The molecule has 1 aliphatic carbocycles. The van der Waals surface area contributed by atoms with Crippen LogP contribution in [0.15, 0.2) is 18.5 Å². The third-order valence-electron chi connectivity index (χ3n) is 3.47.